The van der Waals surface area contributed by atoms with E-state index in [-0.39, 0.29) is 5.91 Å². The van der Waals surface area contributed by atoms with Crippen molar-refractivity contribution >= 4 is 11.6 Å². The highest BCUT2D eigenvalue weighted by Crippen LogP contribution is 2.25. The zero-order valence-electron chi connectivity index (χ0n) is 15.4. The molecular weight excluding hydrogens is 350 g/mol. The number of benzene rings is 2. The number of pyridine rings is 1. The fraction of sp³-hybridized carbons (Fsp3) is 0.0870. The second kappa shape index (κ2) is 7.88. The highest BCUT2D eigenvalue weighted by Gasteiger charge is 2.22. The van der Waals surface area contributed by atoms with Gasteiger partial charge in [0.2, 0.25) is 0 Å². The second-order valence-corrected chi connectivity index (χ2v) is 6.44. The maximum absolute atomic E-state index is 13.2. The van der Waals surface area contributed by atoms with Crippen LogP contribution < -0.4 is 4.90 Å². The third-order valence-electron chi connectivity index (χ3n) is 4.56. The molecule has 0 N–H and O–H groups in total. The van der Waals surface area contributed by atoms with Gasteiger partial charge in [0.1, 0.15) is 11.8 Å². The average molecular weight is 369 g/mol. The minimum Gasteiger partial charge on any atom is -0.364 e. The Morgan fingerprint density at radius 3 is 2.29 bits per heavy atom. The first-order chi connectivity index (χ1) is 13.7. The number of rotatable bonds is 5. The van der Waals surface area contributed by atoms with Gasteiger partial charge in [-0.2, -0.15) is 0 Å². The summed E-state index contributed by atoms with van der Waals surface area (Å²) in [6.45, 7) is 2.11. The van der Waals surface area contributed by atoms with E-state index in [1.165, 1.54) is 6.26 Å². The fourth-order valence-corrected chi connectivity index (χ4v) is 3.04. The molecule has 4 aromatic rings. The Morgan fingerprint density at radius 1 is 0.929 bits per heavy atom. The molecule has 2 aromatic heterocycles. The summed E-state index contributed by atoms with van der Waals surface area (Å²) in [6.07, 6.45) is 3.11. The van der Waals surface area contributed by atoms with E-state index in [4.69, 9.17) is 4.52 Å². The van der Waals surface area contributed by atoms with Crippen LogP contribution in [0.25, 0.3) is 11.1 Å². The van der Waals surface area contributed by atoms with E-state index in [9.17, 15) is 4.79 Å². The summed E-state index contributed by atoms with van der Waals surface area (Å²) in [4.78, 5) is 19.2. The van der Waals surface area contributed by atoms with Crippen LogP contribution in [0, 0.1) is 6.92 Å². The number of aromatic nitrogens is 2. The first kappa shape index (κ1) is 17.7. The van der Waals surface area contributed by atoms with Gasteiger partial charge < -0.3 is 9.42 Å². The molecule has 138 valence electrons. The Bertz CT molecular complexity index is 1060. The first-order valence-corrected chi connectivity index (χ1v) is 9.00. The predicted octanol–water partition coefficient (Wildman–Crippen LogP) is 4.89. The molecule has 0 aliphatic heterocycles. The molecule has 0 saturated heterocycles. The van der Waals surface area contributed by atoms with E-state index < -0.39 is 0 Å². The number of hydrogen-bond donors (Lipinski definition) is 0. The predicted molar refractivity (Wildman–Crippen MR) is 108 cm³/mol. The number of amides is 1. The second-order valence-electron chi connectivity index (χ2n) is 6.44. The molecule has 0 fully saturated rings. The maximum atomic E-state index is 13.2. The van der Waals surface area contributed by atoms with Gasteiger partial charge in [-0.3, -0.25) is 9.78 Å². The van der Waals surface area contributed by atoms with Crippen LogP contribution in [0.1, 0.15) is 21.7 Å². The van der Waals surface area contributed by atoms with Crippen LogP contribution in [0.5, 0.6) is 0 Å². The molecule has 0 spiro atoms. The Labute approximate surface area is 163 Å². The maximum Gasteiger partial charge on any atom is 0.263 e. The van der Waals surface area contributed by atoms with Gasteiger partial charge in [-0.1, -0.05) is 53.7 Å². The monoisotopic (exact) mass is 369 g/mol. The lowest BCUT2D eigenvalue weighted by molar-refractivity contribution is 0.0983. The van der Waals surface area contributed by atoms with E-state index in [0.29, 0.717) is 17.8 Å². The van der Waals surface area contributed by atoms with Crippen molar-refractivity contribution in [2.45, 2.75) is 13.5 Å². The third-order valence-corrected chi connectivity index (χ3v) is 4.56. The van der Waals surface area contributed by atoms with E-state index in [1.54, 1.807) is 18.0 Å². The smallest absolute Gasteiger partial charge is 0.263 e. The van der Waals surface area contributed by atoms with Crippen LogP contribution in [-0.4, -0.2) is 16.0 Å². The molecule has 5 heteroatoms. The molecule has 0 saturated carbocycles. The molecule has 0 aliphatic carbocycles. The minimum atomic E-state index is -0.170. The lowest BCUT2D eigenvalue weighted by Gasteiger charge is -2.22. The Balaban J connectivity index is 1.68. The number of aryl methyl sites for hydroxylation is 1. The summed E-state index contributed by atoms with van der Waals surface area (Å²) in [5, 5.41) is 3.84. The lowest BCUT2D eigenvalue weighted by Crippen LogP contribution is -2.31. The summed E-state index contributed by atoms with van der Waals surface area (Å²) in [5.74, 6) is -0.170. The zero-order chi connectivity index (χ0) is 19.3. The summed E-state index contributed by atoms with van der Waals surface area (Å²) in [6, 6.07) is 23.7. The minimum absolute atomic E-state index is 0.170. The van der Waals surface area contributed by atoms with E-state index in [0.717, 1.165) is 22.5 Å². The molecule has 2 aromatic carbocycles. The largest absolute Gasteiger partial charge is 0.364 e. The van der Waals surface area contributed by atoms with Crippen LogP contribution in [0.3, 0.4) is 0 Å². The molecule has 0 bridgehead atoms. The quantitative estimate of drug-likeness (QED) is 0.502. The van der Waals surface area contributed by atoms with Crippen molar-refractivity contribution in [3.63, 3.8) is 0 Å². The van der Waals surface area contributed by atoms with E-state index in [2.05, 4.69) is 22.3 Å². The number of nitrogens with zero attached hydrogens (tertiary/aromatic N) is 3. The van der Waals surface area contributed by atoms with Gasteiger partial charge in [0.15, 0.2) is 0 Å². The van der Waals surface area contributed by atoms with Crippen LogP contribution >= 0.6 is 0 Å². The molecule has 0 radical (unpaired) electrons. The van der Waals surface area contributed by atoms with Gasteiger partial charge in [-0.25, -0.2) is 0 Å². The number of hydrogen-bond acceptors (Lipinski definition) is 4. The number of carbonyl (C=O) groups excluding carboxylic acids is 1. The molecular formula is C23H19N3O2. The first-order valence-electron chi connectivity index (χ1n) is 9.00. The molecule has 2 heterocycles. The van der Waals surface area contributed by atoms with Gasteiger partial charge in [0, 0.05) is 11.9 Å². The lowest BCUT2D eigenvalue weighted by atomic mass is 10.1. The van der Waals surface area contributed by atoms with E-state index >= 15 is 0 Å². The van der Waals surface area contributed by atoms with Crippen LogP contribution in [-0.2, 0) is 6.54 Å². The van der Waals surface area contributed by atoms with Gasteiger partial charge >= 0.3 is 0 Å². The third kappa shape index (κ3) is 3.69. The van der Waals surface area contributed by atoms with Crippen LogP contribution in [0.15, 0.2) is 89.8 Å². The van der Waals surface area contributed by atoms with Crippen molar-refractivity contribution in [2.75, 3.05) is 4.90 Å². The molecule has 5 nitrogen and oxygen atoms in total. The Morgan fingerprint density at radius 2 is 1.64 bits per heavy atom. The molecule has 28 heavy (non-hydrogen) atoms. The van der Waals surface area contributed by atoms with Gasteiger partial charge in [-0.15, -0.1) is 0 Å². The molecule has 0 unspecified atom stereocenters. The van der Waals surface area contributed by atoms with Crippen LogP contribution in [0.4, 0.5) is 5.69 Å². The van der Waals surface area contributed by atoms with E-state index in [1.807, 2.05) is 60.7 Å². The van der Waals surface area contributed by atoms with Crippen molar-refractivity contribution in [1.29, 1.82) is 0 Å². The zero-order valence-corrected chi connectivity index (χ0v) is 15.4. The summed E-state index contributed by atoms with van der Waals surface area (Å²) in [7, 11) is 0. The summed E-state index contributed by atoms with van der Waals surface area (Å²) in [5.41, 5.74) is 4.83. The van der Waals surface area contributed by atoms with Crippen molar-refractivity contribution in [1.82, 2.24) is 10.1 Å². The molecule has 0 atom stereocenters. The fourth-order valence-electron chi connectivity index (χ4n) is 3.04. The SMILES string of the molecule is Cc1nocc1C(=O)N(Cc1ccccn1)c1ccc(-c2ccccc2)cc1. The van der Waals surface area contributed by atoms with Gasteiger partial charge in [-0.05, 0) is 42.3 Å². The Hall–Kier alpha value is -3.73. The van der Waals surface area contributed by atoms with Crippen molar-refractivity contribution in [2.24, 2.45) is 0 Å². The van der Waals surface area contributed by atoms with Crippen molar-refractivity contribution < 1.29 is 9.32 Å². The molecule has 1 amide bonds. The summed E-state index contributed by atoms with van der Waals surface area (Å²) < 4.78 is 4.97. The summed E-state index contributed by atoms with van der Waals surface area (Å²) >= 11 is 0. The molecule has 4 rings (SSSR count). The normalized spacial score (nSPS) is 10.6. The standard InChI is InChI=1S/C23H19N3O2/c1-17-22(16-28-25-17)23(27)26(15-20-9-5-6-14-24-20)21-12-10-19(11-13-21)18-7-3-2-4-8-18/h2-14,16H,15H2,1H3. The van der Waals surface area contributed by atoms with Crippen molar-refractivity contribution in [3.8, 4) is 11.1 Å². The topological polar surface area (TPSA) is 59.2 Å². The Kier molecular flexibility index (Phi) is 4.97. The van der Waals surface area contributed by atoms with Gasteiger partial charge in [0.05, 0.1) is 17.9 Å². The van der Waals surface area contributed by atoms with Crippen LogP contribution in [0.2, 0.25) is 0 Å². The number of carbonyl (C=O) groups is 1. The molecule has 0 aliphatic rings. The van der Waals surface area contributed by atoms with Crippen molar-refractivity contribution in [3.05, 3.63) is 102 Å². The number of anilines is 1. The highest BCUT2D eigenvalue weighted by atomic mass is 16.5. The highest BCUT2D eigenvalue weighted by molar-refractivity contribution is 6.06. The van der Waals surface area contributed by atoms with Gasteiger partial charge in [0.25, 0.3) is 5.91 Å². The average Bonchev–Trinajstić information content (AvgIpc) is 3.19.